The molecule has 5 nitrogen and oxygen atoms in total. The Labute approximate surface area is 156 Å². The number of benzene rings is 1. The summed E-state index contributed by atoms with van der Waals surface area (Å²) in [5.41, 5.74) is 6.73. The lowest BCUT2D eigenvalue weighted by Gasteiger charge is -2.29. The molecule has 1 fully saturated rings. The van der Waals surface area contributed by atoms with Crippen LogP contribution in [0.25, 0.3) is 0 Å². The van der Waals surface area contributed by atoms with Crippen molar-refractivity contribution in [2.75, 3.05) is 0 Å². The number of carbonyl (C=O) groups excluding carboxylic acids is 2. The predicted octanol–water partition coefficient (Wildman–Crippen LogP) is 2.70. The van der Waals surface area contributed by atoms with Crippen LogP contribution < -0.4 is 16.4 Å². The quantitative estimate of drug-likeness (QED) is 0.722. The van der Waals surface area contributed by atoms with Crippen molar-refractivity contribution in [3.63, 3.8) is 0 Å². The molecule has 1 aromatic carbocycles. The van der Waals surface area contributed by atoms with Crippen molar-refractivity contribution in [2.45, 2.75) is 64.1 Å². The third kappa shape index (κ3) is 7.04. The number of hydrogen-bond acceptors (Lipinski definition) is 3. The van der Waals surface area contributed by atoms with Gasteiger partial charge in [0.2, 0.25) is 11.8 Å². The molecule has 0 aromatic heterocycles. The van der Waals surface area contributed by atoms with E-state index >= 15 is 0 Å². The van der Waals surface area contributed by atoms with Gasteiger partial charge in [-0.05, 0) is 37.2 Å². The average molecular weight is 368 g/mol. The summed E-state index contributed by atoms with van der Waals surface area (Å²) >= 11 is 0. The Morgan fingerprint density at radius 3 is 2.28 bits per heavy atom. The number of rotatable bonds is 6. The van der Waals surface area contributed by atoms with Crippen LogP contribution in [-0.2, 0) is 9.59 Å². The molecule has 0 aliphatic heterocycles. The van der Waals surface area contributed by atoms with Crippen molar-refractivity contribution in [3.05, 3.63) is 35.9 Å². The molecule has 0 heterocycles. The second-order valence-electron chi connectivity index (χ2n) is 7.13. The lowest BCUT2D eigenvalue weighted by molar-refractivity contribution is -0.130. The zero-order valence-electron chi connectivity index (χ0n) is 15.0. The lowest BCUT2D eigenvalue weighted by Crippen LogP contribution is -2.46. The number of amides is 2. The number of nitrogens with one attached hydrogen (secondary N) is 2. The molecule has 1 aliphatic rings. The molecular formula is C19H30ClN3O2. The van der Waals surface area contributed by atoms with Crippen molar-refractivity contribution < 1.29 is 9.59 Å². The van der Waals surface area contributed by atoms with Crippen LogP contribution >= 0.6 is 12.4 Å². The molecule has 1 aliphatic carbocycles. The maximum absolute atomic E-state index is 12.8. The molecule has 2 rings (SSSR count). The van der Waals surface area contributed by atoms with Crippen LogP contribution in [0.1, 0.15) is 57.6 Å². The van der Waals surface area contributed by atoms with E-state index in [0.717, 1.165) is 31.2 Å². The Kier molecular flexibility index (Phi) is 8.93. The van der Waals surface area contributed by atoms with Crippen LogP contribution in [0.15, 0.2) is 30.3 Å². The minimum absolute atomic E-state index is 0. The first kappa shape index (κ1) is 21.5. The minimum Gasteiger partial charge on any atom is -0.351 e. The van der Waals surface area contributed by atoms with Gasteiger partial charge < -0.3 is 16.4 Å². The normalized spacial score (nSPS) is 21.1. The molecule has 1 saturated carbocycles. The molecule has 0 bridgehead atoms. The minimum atomic E-state index is -0.645. The van der Waals surface area contributed by atoms with Gasteiger partial charge in [0.15, 0.2) is 0 Å². The highest BCUT2D eigenvalue weighted by Crippen LogP contribution is 2.19. The Bertz CT molecular complexity index is 543. The standard InChI is InChI=1S/C19H29N3O2.ClH/c1-13(2)12-17(23)22-18(14-6-4-3-5-7-14)19(24)21-16-10-8-15(20)9-11-16;/h3-7,13,15-16,18H,8-12,20H2,1-2H3,(H,21,24)(H,22,23);1H. The van der Waals surface area contributed by atoms with E-state index in [2.05, 4.69) is 10.6 Å². The number of halogens is 1. The average Bonchev–Trinajstić information content (AvgIpc) is 2.55. The summed E-state index contributed by atoms with van der Waals surface area (Å²) in [7, 11) is 0. The Morgan fingerprint density at radius 2 is 1.72 bits per heavy atom. The van der Waals surface area contributed by atoms with E-state index in [1.165, 1.54) is 0 Å². The topological polar surface area (TPSA) is 84.2 Å². The van der Waals surface area contributed by atoms with E-state index in [9.17, 15) is 9.59 Å². The first-order chi connectivity index (χ1) is 11.5. The molecule has 1 unspecified atom stereocenters. The van der Waals surface area contributed by atoms with E-state index in [1.54, 1.807) is 0 Å². The van der Waals surface area contributed by atoms with Gasteiger partial charge in [-0.3, -0.25) is 9.59 Å². The van der Waals surface area contributed by atoms with Crippen molar-refractivity contribution >= 4 is 24.2 Å². The van der Waals surface area contributed by atoms with Crippen LogP contribution in [0.4, 0.5) is 0 Å². The number of carbonyl (C=O) groups is 2. The fourth-order valence-electron chi connectivity index (χ4n) is 3.08. The molecule has 0 radical (unpaired) electrons. The van der Waals surface area contributed by atoms with Crippen molar-refractivity contribution in [1.82, 2.24) is 10.6 Å². The maximum Gasteiger partial charge on any atom is 0.247 e. The van der Waals surface area contributed by atoms with E-state index < -0.39 is 6.04 Å². The highest BCUT2D eigenvalue weighted by Gasteiger charge is 2.26. The predicted molar refractivity (Wildman–Crippen MR) is 102 cm³/mol. The second-order valence-corrected chi connectivity index (χ2v) is 7.13. The molecule has 2 amide bonds. The summed E-state index contributed by atoms with van der Waals surface area (Å²) in [6.45, 7) is 3.98. The molecule has 140 valence electrons. The maximum atomic E-state index is 12.8. The third-order valence-electron chi connectivity index (χ3n) is 4.41. The highest BCUT2D eigenvalue weighted by molar-refractivity contribution is 5.88. The molecule has 0 spiro atoms. The van der Waals surface area contributed by atoms with Gasteiger partial charge in [0.1, 0.15) is 6.04 Å². The van der Waals surface area contributed by atoms with Crippen LogP contribution in [0.5, 0.6) is 0 Å². The number of nitrogens with two attached hydrogens (primary N) is 1. The SMILES string of the molecule is CC(C)CC(=O)NC(C(=O)NC1CCC(N)CC1)c1ccccc1.Cl. The van der Waals surface area contributed by atoms with Crippen molar-refractivity contribution in [1.29, 1.82) is 0 Å². The molecule has 25 heavy (non-hydrogen) atoms. The largest absolute Gasteiger partial charge is 0.351 e. The Hall–Kier alpha value is -1.59. The van der Waals surface area contributed by atoms with Gasteiger partial charge >= 0.3 is 0 Å². The first-order valence-corrected chi connectivity index (χ1v) is 8.86. The van der Waals surface area contributed by atoms with Gasteiger partial charge in [-0.2, -0.15) is 0 Å². The number of hydrogen-bond donors (Lipinski definition) is 3. The van der Waals surface area contributed by atoms with Gasteiger partial charge in [0.05, 0.1) is 0 Å². The summed E-state index contributed by atoms with van der Waals surface area (Å²) < 4.78 is 0. The molecule has 1 aromatic rings. The summed E-state index contributed by atoms with van der Waals surface area (Å²) in [5, 5.41) is 5.97. The highest BCUT2D eigenvalue weighted by atomic mass is 35.5. The molecular weight excluding hydrogens is 338 g/mol. The fourth-order valence-corrected chi connectivity index (χ4v) is 3.08. The first-order valence-electron chi connectivity index (χ1n) is 8.86. The van der Waals surface area contributed by atoms with E-state index in [1.807, 2.05) is 44.2 Å². The lowest BCUT2D eigenvalue weighted by atomic mass is 9.91. The Balaban J connectivity index is 0.00000312. The van der Waals surface area contributed by atoms with Crippen LogP contribution in [0.3, 0.4) is 0 Å². The molecule has 0 saturated heterocycles. The molecule has 6 heteroatoms. The zero-order valence-corrected chi connectivity index (χ0v) is 15.9. The van der Waals surface area contributed by atoms with Gasteiger partial charge in [-0.1, -0.05) is 44.2 Å². The third-order valence-corrected chi connectivity index (χ3v) is 4.41. The van der Waals surface area contributed by atoms with Gasteiger partial charge in [0.25, 0.3) is 0 Å². The smallest absolute Gasteiger partial charge is 0.247 e. The van der Waals surface area contributed by atoms with E-state index in [-0.39, 0.29) is 42.2 Å². The van der Waals surface area contributed by atoms with Crippen LogP contribution in [0.2, 0.25) is 0 Å². The summed E-state index contributed by atoms with van der Waals surface area (Å²) in [6.07, 6.45) is 4.07. The van der Waals surface area contributed by atoms with Gasteiger partial charge in [-0.25, -0.2) is 0 Å². The monoisotopic (exact) mass is 367 g/mol. The van der Waals surface area contributed by atoms with Crippen LogP contribution in [0, 0.1) is 5.92 Å². The summed E-state index contributed by atoms with van der Waals surface area (Å²) in [4.78, 5) is 24.9. The van der Waals surface area contributed by atoms with Crippen LogP contribution in [-0.4, -0.2) is 23.9 Å². The van der Waals surface area contributed by atoms with E-state index in [4.69, 9.17) is 5.73 Å². The fraction of sp³-hybridized carbons (Fsp3) is 0.579. The summed E-state index contributed by atoms with van der Waals surface area (Å²) in [5.74, 6) is 0.0164. The molecule has 1 atom stereocenters. The van der Waals surface area contributed by atoms with Crippen molar-refractivity contribution in [2.24, 2.45) is 11.7 Å². The van der Waals surface area contributed by atoms with Gasteiger partial charge in [-0.15, -0.1) is 12.4 Å². The molecule has 4 N–H and O–H groups in total. The van der Waals surface area contributed by atoms with Crippen molar-refractivity contribution in [3.8, 4) is 0 Å². The Morgan fingerprint density at radius 1 is 1.12 bits per heavy atom. The van der Waals surface area contributed by atoms with E-state index in [0.29, 0.717) is 6.42 Å². The van der Waals surface area contributed by atoms with Gasteiger partial charge in [0, 0.05) is 18.5 Å². The second kappa shape index (κ2) is 10.4. The zero-order chi connectivity index (χ0) is 17.5. The summed E-state index contributed by atoms with van der Waals surface area (Å²) in [6, 6.07) is 9.14.